The van der Waals surface area contributed by atoms with Gasteiger partial charge in [0.15, 0.2) is 7.28 Å². The van der Waals surface area contributed by atoms with Gasteiger partial charge in [-0.1, -0.05) is 87.2 Å². The zero-order chi connectivity index (χ0) is 13.8. The second kappa shape index (κ2) is 6.10. The minimum Gasteiger partial charge on any atom is -0.0785 e. The van der Waals surface area contributed by atoms with Gasteiger partial charge < -0.3 is 0 Å². The molecule has 0 heterocycles. The lowest BCUT2D eigenvalue weighted by Crippen LogP contribution is -2.26. The molecule has 1 heteroatoms. The van der Waals surface area contributed by atoms with Crippen LogP contribution in [0.15, 0.2) is 48.5 Å². The van der Waals surface area contributed by atoms with Crippen molar-refractivity contribution in [2.75, 3.05) is 0 Å². The number of benzene rings is 2. The predicted octanol–water partition coefficient (Wildman–Crippen LogP) is 3.32. The monoisotopic (exact) mass is 250 g/mol. The summed E-state index contributed by atoms with van der Waals surface area (Å²) in [6.07, 6.45) is 0. The fourth-order valence-corrected chi connectivity index (χ4v) is 2.28. The first kappa shape index (κ1) is 13.9. The summed E-state index contributed by atoms with van der Waals surface area (Å²) in [6.45, 7) is 8.94. The Bertz CT molecular complexity index is 457. The smallest absolute Gasteiger partial charge is 0.0785 e. The molecule has 0 aliphatic heterocycles. The highest BCUT2D eigenvalue weighted by atomic mass is 14.0. The van der Waals surface area contributed by atoms with E-state index in [0.717, 1.165) is 7.28 Å². The first-order valence-electron chi connectivity index (χ1n) is 7.24. The maximum absolute atomic E-state index is 2.26. The molecule has 0 bridgehead atoms. The average Bonchev–Trinajstić information content (AvgIpc) is 2.40. The van der Waals surface area contributed by atoms with Crippen LogP contribution in [0, 0.1) is 0 Å². The Hall–Kier alpha value is -1.50. The Labute approximate surface area is 118 Å². The molecular weight excluding hydrogens is 227 g/mol. The van der Waals surface area contributed by atoms with Crippen LogP contribution in [0.2, 0.25) is 0 Å². The van der Waals surface area contributed by atoms with E-state index >= 15 is 0 Å². The fourth-order valence-electron chi connectivity index (χ4n) is 2.28. The Morgan fingerprint density at radius 2 is 0.895 bits per heavy atom. The molecule has 0 aliphatic carbocycles. The number of rotatable bonds is 4. The normalized spacial score (nSPS) is 11.1. The van der Waals surface area contributed by atoms with Crippen molar-refractivity contribution in [3.63, 3.8) is 0 Å². The quantitative estimate of drug-likeness (QED) is 0.730. The molecule has 0 saturated carbocycles. The molecule has 0 atom stereocenters. The van der Waals surface area contributed by atoms with E-state index in [4.69, 9.17) is 0 Å². The number of hydrogen-bond acceptors (Lipinski definition) is 0. The highest BCUT2D eigenvalue weighted by Gasteiger charge is 2.03. The van der Waals surface area contributed by atoms with Crippen molar-refractivity contribution in [2.24, 2.45) is 0 Å². The van der Waals surface area contributed by atoms with Gasteiger partial charge in [-0.25, -0.2) is 0 Å². The first-order valence-corrected chi connectivity index (χ1v) is 7.24. The van der Waals surface area contributed by atoms with Crippen LogP contribution >= 0.6 is 0 Å². The molecule has 0 saturated heterocycles. The van der Waals surface area contributed by atoms with E-state index in [9.17, 15) is 0 Å². The van der Waals surface area contributed by atoms with Gasteiger partial charge in [0.1, 0.15) is 0 Å². The number of hydrogen-bond donors (Lipinski definition) is 0. The Balaban J connectivity index is 2.08. The van der Waals surface area contributed by atoms with E-state index in [0.29, 0.717) is 11.8 Å². The van der Waals surface area contributed by atoms with Gasteiger partial charge >= 0.3 is 0 Å². The van der Waals surface area contributed by atoms with E-state index in [1.807, 2.05) is 0 Å². The minimum atomic E-state index is 0.611. The Kier molecular flexibility index (Phi) is 4.47. The lowest BCUT2D eigenvalue weighted by atomic mass is 9.63. The third kappa shape index (κ3) is 3.73. The molecule has 0 amide bonds. The summed E-state index contributed by atoms with van der Waals surface area (Å²) >= 11 is 0. The molecule has 0 spiro atoms. The lowest BCUT2D eigenvalue weighted by Gasteiger charge is -2.08. The maximum atomic E-state index is 2.26. The molecule has 0 fully saturated rings. The standard InChI is InChI=1S/C18H23B/c1-13(2)15-5-9-17(10-6-15)19-18-11-7-16(8-12-18)14(3)4/h5-14,19H,1-4H3. The molecule has 0 nitrogen and oxygen atoms in total. The molecule has 0 aromatic heterocycles. The topological polar surface area (TPSA) is 0 Å². The van der Waals surface area contributed by atoms with Crippen molar-refractivity contribution in [1.82, 2.24) is 0 Å². The minimum absolute atomic E-state index is 0.611. The SMILES string of the molecule is CC(C)c1ccc(Bc2ccc(C(C)C)cc2)cc1. The van der Waals surface area contributed by atoms with Gasteiger partial charge in [-0.15, -0.1) is 0 Å². The fraction of sp³-hybridized carbons (Fsp3) is 0.333. The summed E-state index contributed by atoms with van der Waals surface area (Å²) < 4.78 is 0. The molecular formula is C18H23B. The largest absolute Gasteiger partial charge is 0.192 e. The second-order valence-electron chi connectivity index (χ2n) is 5.97. The van der Waals surface area contributed by atoms with Gasteiger partial charge in [0.25, 0.3) is 0 Å². The van der Waals surface area contributed by atoms with E-state index < -0.39 is 0 Å². The van der Waals surface area contributed by atoms with Crippen LogP contribution < -0.4 is 10.9 Å². The van der Waals surface area contributed by atoms with Crippen LogP contribution in [-0.4, -0.2) is 7.28 Å². The molecule has 2 rings (SSSR count). The summed E-state index contributed by atoms with van der Waals surface area (Å²) in [5.74, 6) is 1.22. The lowest BCUT2D eigenvalue weighted by molar-refractivity contribution is 0.867. The summed E-state index contributed by atoms with van der Waals surface area (Å²) in [5.41, 5.74) is 5.61. The highest BCUT2D eigenvalue weighted by molar-refractivity contribution is 6.67. The molecule has 0 unspecified atom stereocenters. The third-order valence-corrected chi connectivity index (χ3v) is 3.70. The Morgan fingerprint density at radius 3 is 1.16 bits per heavy atom. The average molecular weight is 250 g/mol. The molecule has 2 aromatic carbocycles. The van der Waals surface area contributed by atoms with E-state index in [-0.39, 0.29) is 0 Å². The predicted molar refractivity (Wildman–Crippen MR) is 87.5 cm³/mol. The Morgan fingerprint density at radius 1 is 0.579 bits per heavy atom. The molecule has 2 aromatic rings. The van der Waals surface area contributed by atoms with Crippen molar-refractivity contribution < 1.29 is 0 Å². The van der Waals surface area contributed by atoms with E-state index in [2.05, 4.69) is 76.2 Å². The van der Waals surface area contributed by atoms with Crippen LogP contribution in [0.25, 0.3) is 0 Å². The van der Waals surface area contributed by atoms with Crippen LogP contribution in [0.3, 0.4) is 0 Å². The van der Waals surface area contributed by atoms with Gasteiger partial charge in [-0.05, 0) is 23.0 Å². The zero-order valence-corrected chi connectivity index (χ0v) is 12.5. The summed E-state index contributed by atoms with van der Waals surface area (Å²) in [6, 6.07) is 18.0. The van der Waals surface area contributed by atoms with Crippen molar-refractivity contribution >= 4 is 18.2 Å². The third-order valence-electron chi connectivity index (χ3n) is 3.70. The van der Waals surface area contributed by atoms with Gasteiger partial charge in [-0.2, -0.15) is 0 Å². The van der Waals surface area contributed by atoms with Crippen LogP contribution in [0.5, 0.6) is 0 Å². The van der Waals surface area contributed by atoms with E-state index in [1.165, 1.54) is 22.1 Å². The molecule has 19 heavy (non-hydrogen) atoms. The van der Waals surface area contributed by atoms with Crippen molar-refractivity contribution in [1.29, 1.82) is 0 Å². The van der Waals surface area contributed by atoms with E-state index in [1.54, 1.807) is 0 Å². The first-order chi connectivity index (χ1) is 9.06. The van der Waals surface area contributed by atoms with Crippen LogP contribution in [0.1, 0.15) is 50.7 Å². The van der Waals surface area contributed by atoms with Crippen LogP contribution in [-0.2, 0) is 0 Å². The van der Waals surface area contributed by atoms with Gasteiger partial charge in [-0.3, -0.25) is 0 Å². The van der Waals surface area contributed by atoms with Crippen molar-refractivity contribution in [2.45, 2.75) is 39.5 Å². The summed E-state index contributed by atoms with van der Waals surface area (Å²) in [4.78, 5) is 0. The van der Waals surface area contributed by atoms with Gasteiger partial charge in [0, 0.05) is 0 Å². The van der Waals surface area contributed by atoms with Crippen molar-refractivity contribution in [3.8, 4) is 0 Å². The summed E-state index contributed by atoms with van der Waals surface area (Å²) in [5, 5.41) is 0. The zero-order valence-electron chi connectivity index (χ0n) is 12.5. The van der Waals surface area contributed by atoms with Crippen molar-refractivity contribution in [3.05, 3.63) is 59.7 Å². The molecule has 98 valence electrons. The molecule has 0 N–H and O–H groups in total. The maximum Gasteiger partial charge on any atom is 0.192 e. The second-order valence-corrected chi connectivity index (χ2v) is 5.97. The van der Waals surface area contributed by atoms with Gasteiger partial charge in [0.05, 0.1) is 0 Å². The molecule has 0 radical (unpaired) electrons. The van der Waals surface area contributed by atoms with Crippen LogP contribution in [0.4, 0.5) is 0 Å². The summed E-state index contributed by atoms with van der Waals surface area (Å²) in [7, 11) is 1.02. The highest BCUT2D eigenvalue weighted by Crippen LogP contribution is 2.12. The molecule has 0 aliphatic rings. The van der Waals surface area contributed by atoms with Gasteiger partial charge in [0.2, 0.25) is 0 Å².